The summed E-state index contributed by atoms with van der Waals surface area (Å²) < 4.78 is 0. The van der Waals surface area contributed by atoms with Crippen molar-refractivity contribution in [1.82, 2.24) is 25.1 Å². The normalized spacial score (nSPS) is 21.7. The van der Waals surface area contributed by atoms with Gasteiger partial charge in [0.25, 0.3) is 5.91 Å². The Hall–Kier alpha value is -2.44. The largest absolute Gasteiger partial charge is 0.341 e. The molecule has 2 aliphatic heterocycles. The number of anilines is 1. The van der Waals surface area contributed by atoms with Crippen LogP contribution >= 0.6 is 0 Å². The number of hydrogen-bond acceptors (Lipinski definition) is 5. The fourth-order valence-electron chi connectivity index (χ4n) is 4.12. The van der Waals surface area contributed by atoms with Crippen molar-refractivity contribution in [3.8, 4) is 0 Å². The van der Waals surface area contributed by atoms with Crippen molar-refractivity contribution in [3.63, 3.8) is 0 Å². The Balaban J connectivity index is 1.33. The van der Waals surface area contributed by atoms with Crippen molar-refractivity contribution in [2.75, 3.05) is 31.1 Å². The maximum atomic E-state index is 12.6. The third kappa shape index (κ3) is 3.23. The molecule has 2 aromatic heterocycles. The van der Waals surface area contributed by atoms with Crippen LogP contribution in [-0.2, 0) is 0 Å². The highest BCUT2D eigenvalue weighted by atomic mass is 16.2. The summed E-state index contributed by atoms with van der Waals surface area (Å²) in [5.41, 5.74) is 1.56. The lowest BCUT2D eigenvalue weighted by atomic mass is 9.84. The van der Waals surface area contributed by atoms with Gasteiger partial charge in [0.05, 0.1) is 11.8 Å². The predicted molar refractivity (Wildman–Crippen MR) is 94.3 cm³/mol. The molecule has 7 heteroatoms. The third-order valence-corrected chi connectivity index (χ3v) is 5.61. The van der Waals surface area contributed by atoms with Gasteiger partial charge in [0.1, 0.15) is 0 Å². The standard InChI is InChI=1S/C18H24N6O/c1-13-16(11-21-22-13)17(25)24-10-5-15(12-24)14-3-8-23(9-4-14)18-19-6-2-7-20-18/h2,6-7,11,14-15H,3-5,8-10,12H2,1H3,(H,21,22). The Bertz CT molecular complexity index is 722. The highest BCUT2D eigenvalue weighted by molar-refractivity contribution is 5.95. The number of aromatic nitrogens is 4. The number of carbonyl (C=O) groups excluding carboxylic acids is 1. The number of H-pyrrole nitrogens is 1. The predicted octanol–water partition coefficient (Wildman–Crippen LogP) is 1.89. The smallest absolute Gasteiger partial charge is 0.257 e. The van der Waals surface area contributed by atoms with Gasteiger partial charge in [-0.3, -0.25) is 9.89 Å². The van der Waals surface area contributed by atoms with E-state index in [9.17, 15) is 4.79 Å². The fourth-order valence-corrected chi connectivity index (χ4v) is 4.12. The molecule has 0 aliphatic carbocycles. The minimum Gasteiger partial charge on any atom is -0.341 e. The van der Waals surface area contributed by atoms with E-state index < -0.39 is 0 Å². The molecule has 4 heterocycles. The van der Waals surface area contributed by atoms with Gasteiger partial charge < -0.3 is 9.80 Å². The molecule has 1 atom stereocenters. The summed E-state index contributed by atoms with van der Waals surface area (Å²) in [7, 11) is 0. The molecule has 2 aliphatic rings. The Labute approximate surface area is 147 Å². The molecule has 0 spiro atoms. The summed E-state index contributed by atoms with van der Waals surface area (Å²) in [5.74, 6) is 2.24. The maximum absolute atomic E-state index is 12.6. The highest BCUT2D eigenvalue weighted by Crippen LogP contribution is 2.33. The van der Waals surface area contributed by atoms with Gasteiger partial charge in [-0.05, 0) is 44.1 Å². The number of aromatic amines is 1. The molecule has 2 fully saturated rings. The Kier molecular flexibility index (Phi) is 4.38. The van der Waals surface area contributed by atoms with Crippen molar-refractivity contribution in [2.45, 2.75) is 26.2 Å². The van der Waals surface area contributed by atoms with Gasteiger partial charge in [0, 0.05) is 44.3 Å². The molecule has 0 radical (unpaired) electrons. The monoisotopic (exact) mass is 340 g/mol. The lowest BCUT2D eigenvalue weighted by Crippen LogP contribution is -2.38. The van der Waals surface area contributed by atoms with Crippen LogP contribution in [0.1, 0.15) is 35.3 Å². The number of amides is 1. The fraction of sp³-hybridized carbons (Fsp3) is 0.556. The molecule has 7 nitrogen and oxygen atoms in total. The second-order valence-electron chi connectivity index (χ2n) is 7.08. The second kappa shape index (κ2) is 6.82. The van der Waals surface area contributed by atoms with E-state index in [0.29, 0.717) is 17.4 Å². The Morgan fingerprint density at radius 1 is 1.12 bits per heavy atom. The van der Waals surface area contributed by atoms with Gasteiger partial charge in [0.2, 0.25) is 5.95 Å². The quantitative estimate of drug-likeness (QED) is 0.923. The number of aryl methyl sites for hydroxylation is 1. The van der Waals surface area contributed by atoms with E-state index >= 15 is 0 Å². The topological polar surface area (TPSA) is 78.0 Å². The van der Waals surface area contributed by atoms with Gasteiger partial charge in [-0.25, -0.2) is 9.97 Å². The molecule has 2 aromatic rings. The zero-order valence-corrected chi connectivity index (χ0v) is 14.6. The zero-order valence-electron chi connectivity index (χ0n) is 14.6. The van der Waals surface area contributed by atoms with Crippen LogP contribution in [-0.4, -0.2) is 57.2 Å². The van der Waals surface area contributed by atoms with Crippen molar-refractivity contribution in [3.05, 3.63) is 35.9 Å². The summed E-state index contributed by atoms with van der Waals surface area (Å²) in [5, 5.41) is 6.82. The van der Waals surface area contributed by atoms with Crippen molar-refractivity contribution >= 4 is 11.9 Å². The number of carbonyl (C=O) groups is 1. The van der Waals surface area contributed by atoms with Crippen LogP contribution in [0.2, 0.25) is 0 Å². The number of nitrogens with one attached hydrogen (secondary N) is 1. The molecule has 132 valence electrons. The van der Waals surface area contributed by atoms with Crippen LogP contribution in [0.25, 0.3) is 0 Å². The first-order valence-electron chi connectivity index (χ1n) is 9.03. The molecule has 0 saturated carbocycles. The van der Waals surface area contributed by atoms with Gasteiger partial charge in [-0.1, -0.05) is 0 Å². The zero-order chi connectivity index (χ0) is 17.2. The number of likely N-dealkylation sites (tertiary alicyclic amines) is 1. The summed E-state index contributed by atoms with van der Waals surface area (Å²) in [6.45, 7) is 5.63. The maximum Gasteiger partial charge on any atom is 0.257 e. The third-order valence-electron chi connectivity index (χ3n) is 5.61. The first-order chi connectivity index (χ1) is 12.2. The van der Waals surface area contributed by atoms with Gasteiger partial charge in [-0.15, -0.1) is 0 Å². The van der Waals surface area contributed by atoms with Crippen molar-refractivity contribution in [1.29, 1.82) is 0 Å². The average Bonchev–Trinajstić information content (AvgIpc) is 3.31. The van der Waals surface area contributed by atoms with E-state index in [1.807, 2.05) is 17.9 Å². The number of nitrogens with zero attached hydrogens (tertiary/aromatic N) is 5. The van der Waals surface area contributed by atoms with E-state index in [0.717, 1.165) is 57.1 Å². The number of rotatable bonds is 3. The van der Waals surface area contributed by atoms with Crippen molar-refractivity contribution in [2.24, 2.45) is 11.8 Å². The van der Waals surface area contributed by atoms with E-state index in [4.69, 9.17) is 0 Å². The second-order valence-corrected chi connectivity index (χ2v) is 7.08. The molecule has 25 heavy (non-hydrogen) atoms. The summed E-state index contributed by atoms with van der Waals surface area (Å²) in [6.07, 6.45) is 8.64. The van der Waals surface area contributed by atoms with Gasteiger partial charge in [-0.2, -0.15) is 5.10 Å². The molecule has 1 amide bonds. The Morgan fingerprint density at radius 3 is 2.52 bits per heavy atom. The van der Waals surface area contributed by atoms with Crippen molar-refractivity contribution < 1.29 is 4.79 Å². The molecule has 4 rings (SSSR count). The van der Waals surface area contributed by atoms with E-state index in [1.165, 1.54) is 0 Å². The average molecular weight is 340 g/mol. The van der Waals surface area contributed by atoms with E-state index in [1.54, 1.807) is 18.6 Å². The number of hydrogen-bond donors (Lipinski definition) is 1. The first kappa shape index (κ1) is 16.1. The molecule has 1 N–H and O–H groups in total. The highest BCUT2D eigenvalue weighted by Gasteiger charge is 2.34. The summed E-state index contributed by atoms with van der Waals surface area (Å²) in [6, 6.07) is 1.85. The summed E-state index contributed by atoms with van der Waals surface area (Å²) in [4.78, 5) is 25.6. The van der Waals surface area contributed by atoms with E-state index in [-0.39, 0.29) is 5.91 Å². The number of piperidine rings is 1. The molecule has 0 aromatic carbocycles. The van der Waals surface area contributed by atoms with Crippen LogP contribution in [0, 0.1) is 18.8 Å². The van der Waals surface area contributed by atoms with Gasteiger partial charge >= 0.3 is 0 Å². The molecule has 1 unspecified atom stereocenters. The lowest BCUT2D eigenvalue weighted by molar-refractivity contribution is 0.0780. The minimum absolute atomic E-state index is 0.115. The minimum atomic E-state index is 0.115. The van der Waals surface area contributed by atoms with Crippen LogP contribution < -0.4 is 4.90 Å². The van der Waals surface area contributed by atoms with E-state index in [2.05, 4.69) is 25.1 Å². The SMILES string of the molecule is Cc1[nH]ncc1C(=O)N1CCC(C2CCN(c3ncccn3)CC2)C1. The van der Waals surface area contributed by atoms with Crippen LogP contribution in [0.4, 0.5) is 5.95 Å². The van der Waals surface area contributed by atoms with Crippen LogP contribution in [0.15, 0.2) is 24.7 Å². The molecule has 2 saturated heterocycles. The van der Waals surface area contributed by atoms with Crippen LogP contribution in [0.5, 0.6) is 0 Å². The Morgan fingerprint density at radius 2 is 1.84 bits per heavy atom. The molecular weight excluding hydrogens is 316 g/mol. The summed E-state index contributed by atoms with van der Waals surface area (Å²) >= 11 is 0. The molecule has 0 bridgehead atoms. The van der Waals surface area contributed by atoms with Gasteiger partial charge in [0.15, 0.2) is 0 Å². The first-order valence-corrected chi connectivity index (χ1v) is 9.03. The van der Waals surface area contributed by atoms with Crippen LogP contribution in [0.3, 0.4) is 0 Å². The molecular formula is C18H24N6O. The lowest BCUT2D eigenvalue weighted by Gasteiger charge is -2.34.